The van der Waals surface area contributed by atoms with Gasteiger partial charge in [0.15, 0.2) is 11.5 Å². The zero-order valence-electron chi connectivity index (χ0n) is 10.3. The minimum Gasteiger partial charge on any atom is -0.454 e. The van der Waals surface area contributed by atoms with Crippen molar-refractivity contribution in [1.82, 2.24) is 9.97 Å². The normalized spacial score (nSPS) is 13.9. The largest absolute Gasteiger partial charge is 0.454 e. The van der Waals surface area contributed by atoms with Crippen LogP contribution in [0.3, 0.4) is 0 Å². The van der Waals surface area contributed by atoms with Crippen LogP contribution in [0.25, 0.3) is 0 Å². The predicted molar refractivity (Wildman–Crippen MR) is 66.8 cm³/mol. The van der Waals surface area contributed by atoms with E-state index in [1.54, 1.807) is 12.3 Å². The molecular weight excluding hydrogens is 242 g/mol. The fourth-order valence-corrected chi connectivity index (χ4v) is 2.14. The van der Waals surface area contributed by atoms with E-state index in [-0.39, 0.29) is 6.79 Å². The van der Waals surface area contributed by atoms with Crippen LogP contribution in [0.4, 0.5) is 0 Å². The smallest absolute Gasteiger partial charge is 0.231 e. The second-order valence-electron chi connectivity index (χ2n) is 4.26. The summed E-state index contributed by atoms with van der Waals surface area (Å²) in [4.78, 5) is 8.03. The third kappa shape index (κ3) is 1.97. The minimum atomic E-state index is -0.433. The predicted octanol–water partition coefficient (Wildman–Crippen LogP) is 2.17. The number of hydrogen-bond donors (Lipinski definition) is 0. The summed E-state index contributed by atoms with van der Waals surface area (Å²) in [5.74, 6) is 0.966. The minimum absolute atomic E-state index is 0.225. The van der Waals surface area contributed by atoms with E-state index in [2.05, 4.69) is 16.0 Å². The molecule has 0 spiro atoms. The zero-order valence-corrected chi connectivity index (χ0v) is 10.3. The number of aryl methyl sites for hydroxylation is 1. The number of ether oxygens (including phenoxy) is 2. The van der Waals surface area contributed by atoms with Crippen LogP contribution in [0.1, 0.15) is 22.7 Å². The maximum atomic E-state index is 9.42. The Morgan fingerprint density at radius 1 is 1.32 bits per heavy atom. The summed E-state index contributed by atoms with van der Waals surface area (Å²) in [6, 6.07) is 7.77. The molecule has 5 heteroatoms. The molecule has 1 aliphatic rings. The van der Waals surface area contributed by atoms with E-state index >= 15 is 0 Å². The molecule has 1 unspecified atom stereocenters. The summed E-state index contributed by atoms with van der Waals surface area (Å²) in [7, 11) is 0. The van der Waals surface area contributed by atoms with Crippen molar-refractivity contribution in [1.29, 1.82) is 5.26 Å². The lowest BCUT2D eigenvalue weighted by Crippen LogP contribution is -2.03. The third-order valence-corrected chi connectivity index (χ3v) is 3.10. The molecule has 0 fully saturated rings. The molecule has 1 aromatic carbocycles. The lowest BCUT2D eigenvalue weighted by Gasteiger charge is -2.12. The molecule has 2 heterocycles. The molecule has 1 aromatic heterocycles. The monoisotopic (exact) mass is 253 g/mol. The Morgan fingerprint density at radius 3 is 2.79 bits per heavy atom. The maximum absolute atomic E-state index is 9.42. The molecule has 94 valence electrons. The highest BCUT2D eigenvalue weighted by molar-refractivity contribution is 5.52. The van der Waals surface area contributed by atoms with Gasteiger partial charge in [-0.1, -0.05) is 0 Å². The van der Waals surface area contributed by atoms with Gasteiger partial charge in [-0.25, -0.2) is 9.97 Å². The summed E-state index contributed by atoms with van der Waals surface area (Å²) < 4.78 is 10.7. The molecule has 1 atom stereocenters. The van der Waals surface area contributed by atoms with E-state index < -0.39 is 5.92 Å². The van der Waals surface area contributed by atoms with Gasteiger partial charge in [0.05, 0.1) is 11.8 Å². The quantitative estimate of drug-likeness (QED) is 0.820. The fourth-order valence-electron chi connectivity index (χ4n) is 2.14. The van der Waals surface area contributed by atoms with Crippen molar-refractivity contribution in [3.05, 3.63) is 47.5 Å². The third-order valence-electron chi connectivity index (χ3n) is 3.10. The highest BCUT2D eigenvalue weighted by atomic mass is 16.7. The molecule has 0 radical (unpaired) electrons. The molecule has 0 N–H and O–H groups in total. The Labute approximate surface area is 110 Å². The molecule has 2 aromatic rings. The van der Waals surface area contributed by atoms with E-state index in [1.807, 2.05) is 19.1 Å². The van der Waals surface area contributed by atoms with Gasteiger partial charge in [0.2, 0.25) is 6.79 Å². The number of nitrogens with zero attached hydrogens (tertiary/aromatic N) is 3. The first kappa shape index (κ1) is 11.5. The standard InChI is InChI=1S/C14H11N3O2/c1-9-4-13-14(19-8-18-13)5-10(9)11(6-15)12-2-3-16-7-17-12/h2-5,7,11H,8H2,1H3. The van der Waals surface area contributed by atoms with Gasteiger partial charge in [-0.15, -0.1) is 0 Å². The van der Waals surface area contributed by atoms with Crippen LogP contribution in [0.5, 0.6) is 11.5 Å². The maximum Gasteiger partial charge on any atom is 0.231 e. The van der Waals surface area contributed by atoms with Gasteiger partial charge < -0.3 is 9.47 Å². The van der Waals surface area contributed by atoms with Gasteiger partial charge in [0, 0.05) is 6.20 Å². The summed E-state index contributed by atoms with van der Waals surface area (Å²) >= 11 is 0. The van der Waals surface area contributed by atoms with E-state index in [0.717, 1.165) is 16.9 Å². The second kappa shape index (κ2) is 4.58. The summed E-state index contributed by atoms with van der Waals surface area (Å²) in [5, 5.41) is 9.42. The number of fused-ring (bicyclic) bond motifs is 1. The van der Waals surface area contributed by atoms with E-state index in [4.69, 9.17) is 9.47 Å². The Bertz CT molecular complexity index is 650. The SMILES string of the molecule is Cc1cc2c(cc1C(C#N)c1ccncn1)OCO2. The van der Waals surface area contributed by atoms with Crippen molar-refractivity contribution in [2.75, 3.05) is 6.79 Å². The lowest BCUT2D eigenvalue weighted by atomic mass is 9.92. The zero-order chi connectivity index (χ0) is 13.2. The fraction of sp³-hybridized carbons (Fsp3) is 0.214. The first-order valence-corrected chi connectivity index (χ1v) is 5.85. The van der Waals surface area contributed by atoms with E-state index in [0.29, 0.717) is 11.4 Å². The first-order chi connectivity index (χ1) is 9.29. The van der Waals surface area contributed by atoms with E-state index in [1.165, 1.54) is 6.33 Å². The Hall–Kier alpha value is -2.61. The highest BCUT2D eigenvalue weighted by Gasteiger charge is 2.22. The van der Waals surface area contributed by atoms with Crippen LogP contribution in [0, 0.1) is 18.3 Å². The number of hydrogen-bond acceptors (Lipinski definition) is 5. The molecule has 0 saturated carbocycles. The van der Waals surface area contributed by atoms with Gasteiger partial charge >= 0.3 is 0 Å². The lowest BCUT2D eigenvalue weighted by molar-refractivity contribution is 0.174. The van der Waals surface area contributed by atoms with E-state index in [9.17, 15) is 5.26 Å². The van der Waals surface area contributed by atoms with Crippen LogP contribution in [-0.2, 0) is 0 Å². The Kier molecular flexibility index (Phi) is 2.76. The number of aromatic nitrogens is 2. The highest BCUT2D eigenvalue weighted by Crippen LogP contribution is 2.38. The molecule has 19 heavy (non-hydrogen) atoms. The summed E-state index contributed by atoms with van der Waals surface area (Å²) in [5.41, 5.74) is 2.54. The number of nitriles is 1. The Balaban J connectivity index is 2.08. The topological polar surface area (TPSA) is 68.0 Å². The number of rotatable bonds is 2. The molecule has 0 aliphatic carbocycles. The van der Waals surface area contributed by atoms with Crippen LogP contribution in [-0.4, -0.2) is 16.8 Å². The Morgan fingerprint density at radius 2 is 2.11 bits per heavy atom. The average Bonchev–Trinajstić information content (AvgIpc) is 2.88. The molecule has 3 rings (SSSR count). The van der Waals surface area contributed by atoms with Crippen molar-refractivity contribution in [3.63, 3.8) is 0 Å². The van der Waals surface area contributed by atoms with Gasteiger partial charge in [-0.3, -0.25) is 0 Å². The van der Waals surface area contributed by atoms with Crippen LogP contribution < -0.4 is 9.47 Å². The van der Waals surface area contributed by atoms with Crippen LogP contribution in [0.15, 0.2) is 30.7 Å². The van der Waals surface area contributed by atoms with Gasteiger partial charge in [0.25, 0.3) is 0 Å². The number of benzene rings is 1. The first-order valence-electron chi connectivity index (χ1n) is 5.85. The van der Waals surface area contributed by atoms with Gasteiger partial charge in [-0.2, -0.15) is 5.26 Å². The van der Waals surface area contributed by atoms with Crippen molar-refractivity contribution >= 4 is 0 Å². The second-order valence-corrected chi connectivity index (χ2v) is 4.26. The van der Waals surface area contributed by atoms with Crippen molar-refractivity contribution in [2.24, 2.45) is 0 Å². The molecule has 0 bridgehead atoms. The molecule has 1 aliphatic heterocycles. The summed E-state index contributed by atoms with van der Waals surface area (Å²) in [6.07, 6.45) is 3.08. The van der Waals surface area contributed by atoms with Crippen LogP contribution >= 0.6 is 0 Å². The molecule has 0 saturated heterocycles. The van der Waals surface area contributed by atoms with Crippen molar-refractivity contribution in [2.45, 2.75) is 12.8 Å². The van der Waals surface area contributed by atoms with Crippen molar-refractivity contribution in [3.8, 4) is 17.6 Å². The average molecular weight is 253 g/mol. The molecule has 0 amide bonds. The van der Waals surface area contributed by atoms with Crippen LogP contribution in [0.2, 0.25) is 0 Å². The summed E-state index contributed by atoms with van der Waals surface area (Å²) in [6.45, 7) is 2.17. The molecular formula is C14H11N3O2. The van der Waals surface area contributed by atoms with Gasteiger partial charge in [0.1, 0.15) is 12.2 Å². The molecule has 5 nitrogen and oxygen atoms in total. The van der Waals surface area contributed by atoms with Gasteiger partial charge in [-0.05, 0) is 36.2 Å². The van der Waals surface area contributed by atoms with Crippen molar-refractivity contribution < 1.29 is 9.47 Å².